The average molecular weight is 261 g/mol. The maximum atomic E-state index is 9.23. The van der Waals surface area contributed by atoms with Crippen LogP contribution in [0.3, 0.4) is 0 Å². The number of phenols is 1. The van der Waals surface area contributed by atoms with Gasteiger partial charge in [0.1, 0.15) is 5.75 Å². The summed E-state index contributed by atoms with van der Waals surface area (Å²) in [6, 6.07) is 6.97. The van der Waals surface area contributed by atoms with E-state index in [0.29, 0.717) is 30.6 Å². The van der Waals surface area contributed by atoms with E-state index < -0.39 is 0 Å². The van der Waals surface area contributed by atoms with Crippen molar-refractivity contribution in [2.24, 2.45) is 11.7 Å². The van der Waals surface area contributed by atoms with Gasteiger partial charge >= 0.3 is 0 Å². The zero-order valence-electron chi connectivity index (χ0n) is 11.2. The smallest absolute Gasteiger partial charge is 0.231 e. The molecule has 1 aromatic carbocycles. The number of aromatic nitrogens is 2. The zero-order chi connectivity index (χ0) is 13.8. The minimum atomic E-state index is 0.0982. The van der Waals surface area contributed by atoms with E-state index in [1.807, 2.05) is 12.1 Å². The summed E-state index contributed by atoms with van der Waals surface area (Å²) in [5, 5.41) is 13.2. The third-order valence-electron chi connectivity index (χ3n) is 3.16. The summed E-state index contributed by atoms with van der Waals surface area (Å²) < 4.78 is 5.28. The lowest BCUT2D eigenvalue weighted by molar-refractivity contribution is 0.322. The topological polar surface area (TPSA) is 85.2 Å². The summed E-state index contributed by atoms with van der Waals surface area (Å²) in [5.74, 6) is 1.96. The van der Waals surface area contributed by atoms with Crippen LogP contribution in [0.1, 0.15) is 37.0 Å². The fourth-order valence-electron chi connectivity index (χ4n) is 1.94. The monoisotopic (exact) mass is 261 g/mol. The van der Waals surface area contributed by atoms with Gasteiger partial charge in [-0.3, -0.25) is 0 Å². The lowest BCUT2D eigenvalue weighted by Crippen LogP contribution is -2.18. The molecule has 5 nitrogen and oxygen atoms in total. The van der Waals surface area contributed by atoms with E-state index in [1.54, 1.807) is 12.1 Å². The van der Waals surface area contributed by atoms with Crippen LogP contribution in [0.25, 0.3) is 0 Å². The highest BCUT2D eigenvalue weighted by atomic mass is 16.5. The Balaban J connectivity index is 2.10. The van der Waals surface area contributed by atoms with Crippen LogP contribution < -0.4 is 5.73 Å². The van der Waals surface area contributed by atoms with E-state index in [1.165, 1.54) is 0 Å². The minimum absolute atomic E-state index is 0.0982. The van der Waals surface area contributed by atoms with Crippen molar-refractivity contribution in [2.75, 3.05) is 6.54 Å². The molecule has 1 heterocycles. The Hall–Kier alpha value is -1.88. The molecule has 102 valence electrons. The van der Waals surface area contributed by atoms with Crippen molar-refractivity contribution >= 4 is 0 Å². The van der Waals surface area contributed by atoms with Crippen molar-refractivity contribution in [3.8, 4) is 5.75 Å². The van der Waals surface area contributed by atoms with Crippen molar-refractivity contribution in [3.05, 3.63) is 41.5 Å². The van der Waals surface area contributed by atoms with Gasteiger partial charge in [-0.2, -0.15) is 4.98 Å². The molecule has 0 spiro atoms. The Morgan fingerprint density at radius 1 is 1.26 bits per heavy atom. The van der Waals surface area contributed by atoms with Gasteiger partial charge in [-0.15, -0.1) is 0 Å². The summed E-state index contributed by atoms with van der Waals surface area (Å²) in [6.45, 7) is 4.67. The molecule has 0 saturated heterocycles. The van der Waals surface area contributed by atoms with Crippen molar-refractivity contribution < 1.29 is 9.63 Å². The van der Waals surface area contributed by atoms with Crippen molar-refractivity contribution in [2.45, 2.75) is 26.2 Å². The first kappa shape index (κ1) is 13.5. The first-order valence-electron chi connectivity index (χ1n) is 6.40. The molecular formula is C14H19N3O2. The van der Waals surface area contributed by atoms with Gasteiger partial charge in [0.25, 0.3) is 0 Å². The highest BCUT2D eigenvalue weighted by Crippen LogP contribution is 2.22. The molecule has 2 aromatic rings. The lowest BCUT2D eigenvalue weighted by Gasteiger charge is -2.13. The molecule has 1 unspecified atom stereocenters. The van der Waals surface area contributed by atoms with Crippen LogP contribution >= 0.6 is 0 Å². The molecule has 1 atom stereocenters. The second kappa shape index (κ2) is 5.84. The molecule has 19 heavy (non-hydrogen) atoms. The standard InChI is InChI=1S/C14H19N3O2/c1-9(2)12(8-15)14-16-13(17-19-14)7-10-3-5-11(18)6-4-10/h3-6,9,12,18H,7-8,15H2,1-2H3. The second-order valence-electron chi connectivity index (χ2n) is 4.98. The fourth-order valence-corrected chi connectivity index (χ4v) is 1.94. The number of phenolic OH excluding ortho intramolecular Hbond substituents is 1. The largest absolute Gasteiger partial charge is 0.508 e. The third-order valence-corrected chi connectivity index (χ3v) is 3.16. The Kier molecular flexibility index (Phi) is 4.16. The third kappa shape index (κ3) is 3.32. The van der Waals surface area contributed by atoms with Gasteiger partial charge in [0.15, 0.2) is 5.82 Å². The predicted molar refractivity (Wildman–Crippen MR) is 71.8 cm³/mol. The minimum Gasteiger partial charge on any atom is -0.508 e. The molecule has 5 heteroatoms. The lowest BCUT2D eigenvalue weighted by atomic mass is 9.96. The van der Waals surface area contributed by atoms with Crippen molar-refractivity contribution in [3.63, 3.8) is 0 Å². The molecule has 0 radical (unpaired) electrons. The van der Waals surface area contributed by atoms with E-state index in [-0.39, 0.29) is 11.7 Å². The summed E-state index contributed by atoms with van der Waals surface area (Å²) in [7, 11) is 0. The number of aromatic hydroxyl groups is 1. The van der Waals surface area contributed by atoms with Gasteiger partial charge in [0.2, 0.25) is 5.89 Å². The Bertz CT molecular complexity index is 520. The van der Waals surface area contributed by atoms with Crippen molar-refractivity contribution in [1.82, 2.24) is 10.1 Å². The van der Waals surface area contributed by atoms with Crippen molar-refractivity contribution in [1.29, 1.82) is 0 Å². The van der Waals surface area contributed by atoms with E-state index in [4.69, 9.17) is 10.3 Å². The first-order valence-corrected chi connectivity index (χ1v) is 6.40. The fraction of sp³-hybridized carbons (Fsp3) is 0.429. The van der Waals surface area contributed by atoms with E-state index in [2.05, 4.69) is 24.0 Å². The normalized spacial score (nSPS) is 12.8. The van der Waals surface area contributed by atoms with Gasteiger partial charge in [-0.1, -0.05) is 31.1 Å². The van der Waals surface area contributed by atoms with E-state index >= 15 is 0 Å². The molecular weight excluding hydrogens is 242 g/mol. The summed E-state index contributed by atoms with van der Waals surface area (Å²) in [5.41, 5.74) is 6.76. The Labute approximate surface area is 112 Å². The Morgan fingerprint density at radius 3 is 2.53 bits per heavy atom. The van der Waals surface area contributed by atoms with Crippen LogP contribution in [0.2, 0.25) is 0 Å². The molecule has 0 fully saturated rings. The number of benzene rings is 1. The zero-order valence-corrected chi connectivity index (χ0v) is 11.2. The van der Waals surface area contributed by atoms with Gasteiger partial charge in [0.05, 0.1) is 5.92 Å². The summed E-state index contributed by atoms with van der Waals surface area (Å²) in [6.07, 6.45) is 0.583. The molecule has 0 aliphatic carbocycles. The highest BCUT2D eigenvalue weighted by molar-refractivity contribution is 5.27. The summed E-state index contributed by atoms with van der Waals surface area (Å²) >= 11 is 0. The molecule has 1 aromatic heterocycles. The van der Waals surface area contributed by atoms with Crippen LogP contribution in [0.5, 0.6) is 5.75 Å². The maximum absolute atomic E-state index is 9.23. The van der Waals surface area contributed by atoms with Gasteiger partial charge in [-0.25, -0.2) is 0 Å². The highest BCUT2D eigenvalue weighted by Gasteiger charge is 2.20. The van der Waals surface area contributed by atoms with E-state index in [9.17, 15) is 5.11 Å². The van der Waals surface area contributed by atoms with Crippen LogP contribution in [0.15, 0.2) is 28.8 Å². The molecule has 0 bridgehead atoms. The number of nitrogens with two attached hydrogens (primary N) is 1. The quantitative estimate of drug-likeness (QED) is 0.860. The maximum Gasteiger partial charge on any atom is 0.231 e. The van der Waals surface area contributed by atoms with Crippen LogP contribution in [0.4, 0.5) is 0 Å². The molecule has 0 saturated carbocycles. The number of rotatable bonds is 5. The SMILES string of the molecule is CC(C)C(CN)c1nc(Cc2ccc(O)cc2)no1. The average Bonchev–Trinajstić information content (AvgIpc) is 2.81. The van der Waals surface area contributed by atoms with Gasteiger partial charge in [0, 0.05) is 13.0 Å². The molecule has 2 rings (SSSR count). The molecule has 3 N–H and O–H groups in total. The van der Waals surface area contributed by atoms with Gasteiger partial charge < -0.3 is 15.4 Å². The molecule has 0 aliphatic rings. The van der Waals surface area contributed by atoms with Crippen LogP contribution in [-0.2, 0) is 6.42 Å². The van der Waals surface area contributed by atoms with Crippen LogP contribution in [0, 0.1) is 5.92 Å². The number of hydrogen-bond acceptors (Lipinski definition) is 5. The number of nitrogens with zero attached hydrogens (tertiary/aromatic N) is 2. The van der Waals surface area contributed by atoms with Gasteiger partial charge in [-0.05, 0) is 23.6 Å². The number of hydrogen-bond donors (Lipinski definition) is 2. The second-order valence-corrected chi connectivity index (χ2v) is 4.98. The molecule has 0 amide bonds. The predicted octanol–water partition coefficient (Wildman–Crippen LogP) is 2.06. The van der Waals surface area contributed by atoms with Crippen LogP contribution in [-0.4, -0.2) is 21.8 Å². The summed E-state index contributed by atoms with van der Waals surface area (Å²) in [4.78, 5) is 4.40. The first-order chi connectivity index (χ1) is 9.10. The van der Waals surface area contributed by atoms with E-state index in [0.717, 1.165) is 5.56 Å². The Morgan fingerprint density at radius 2 is 1.95 bits per heavy atom. The molecule has 0 aliphatic heterocycles.